The fraction of sp³-hybridized carbons (Fsp3) is 0.250. The normalized spacial score (nSPS) is 12.2. The topological polar surface area (TPSA) is 48.5 Å². The highest BCUT2D eigenvalue weighted by atomic mass is 35.5. The number of rotatable bonds is 3. The summed E-state index contributed by atoms with van der Waals surface area (Å²) >= 11 is 5.93. The van der Waals surface area contributed by atoms with Gasteiger partial charge in [0.25, 0.3) is 5.56 Å². The standard InChI is InChI=1S/C16H12ClF4N3O2/c1-8(2)26-12-6-11(10(18)5-9(12)17)24-14(25)7-13(16(19,20)21)23-4-3-22-15(23)24/h3-8H,1-2H3. The van der Waals surface area contributed by atoms with E-state index in [9.17, 15) is 22.4 Å². The van der Waals surface area contributed by atoms with E-state index in [1.807, 2.05) is 0 Å². The Morgan fingerprint density at radius 3 is 2.54 bits per heavy atom. The maximum atomic E-state index is 14.4. The van der Waals surface area contributed by atoms with Gasteiger partial charge in [0, 0.05) is 24.5 Å². The Morgan fingerprint density at radius 1 is 1.23 bits per heavy atom. The van der Waals surface area contributed by atoms with Crippen LogP contribution in [-0.2, 0) is 6.18 Å². The first kappa shape index (κ1) is 18.2. The molecule has 2 heterocycles. The van der Waals surface area contributed by atoms with E-state index < -0.39 is 23.2 Å². The predicted octanol–water partition coefficient (Wildman–Crippen LogP) is 4.08. The Morgan fingerprint density at radius 2 is 1.92 bits per heavy atom. The van der Waals surface area contributed by atoms with Crippen molar-refractivity contribution in [2.75, 3.05) is 0 Å². The van der Waals surface area contributed by atoms with Crippen LogP contribution >= 0.6 is 11.6 Å². The molecule has 3 rings (SSSR count). The third kappa shape index (κ3) is 3.14. The van der Waals surface area contributed by atoms with Gasteiger partial charge in [-0.15, -0.1) is 0 Å². The second-order valence-corrected chi connectivity index (χ2v) is 6.11. The molecule has 3 aromatic rings. The van der Waals surface area contributed by atoms with Gasteiger partial charge in [-0.3, -0.25) is 9.20 Å². The molecular formula is C16H12ClF4N3O2. The first-order valence-corrected chi connectivity index (χ1v) is 7.79. The van der Waals surface area contributed by atoms with E-state index in [0.717, 1.165) is 29.1 Å². The number of halogens is 5. The summed E-state index contributed by atoms with van der Waals surface area (Å²) in [6, 6.07) is 2.46. The molecule has 0 atom stereocenters. The summed E-state index contributed by atoms with van der Waals surface area (Å²) in [4.78, 5) is 16.1. The summed E-state index contributed by atoms with van der Waals surface area (Å²) in [5.41, 5.74) is -2.62. The van der Waals surface area contributed by atoms with Crippen LogP contribution in [0.4, 0.5) is 17.6 Å². The minimum absolute atomic E-state index is 0.0285. The highest BCUT2D eigenvalue weighted by Crippen LogP contribution is 2.32. The second-order valence-electron chi connectivity index (χ2n) is 5.70. The Labute approximate surface area is 149 Å². The lowest BCUT2D eigenvalue weighted by atomic mass is 10.2. The van der Waals surface area contributed by atoms with Crippen molar-refractivity contribution in [2.24, 2.45) is 0 Å². The van der Waals surface area contributed by atoms with Gasteiger partial charge in [-0.2, -0.15) is 13.2 Å². The third-order valence-electron chi connectivity index (χ3n) is 3.46. The van der Waals surface area contributed by atoms with Gasteiger partial charge in [-0.1, -0.05) is 11.6 Å². The highest BCUT2D eigenvalue weighted by Gasteiger charge is 2.35. The minimum Gasteiger partial charge on any atom is -0.489 e. The lowest BCUT2D eigenvalue weighted by Crippen LogP contribution is -2.26. The molecule has 2 aromatic heterocycles. The number of aromatic nitrogens is 3. The summed E-state index contributed by atoms with van der Waals surface area (Å²) in [6.45, 7) is 3.44. The Balaban J connectivity index is 2.32. The molecule has 1 aromatic carbocycles. The number of hydrogen-bond donors (Lipinski definition) is 0. The SMILES string of the molecule is CC(C)Oc1cc(-n2c(=O)cc(C(F)(F)F)n3ccnc23)c(F)cc1Cl. The number of benzene rings is 1. The van der Waals surface area contributed by atoms with Crippen LogP contribution in [0.3, 0.4) is 0 Å². The van der Waals surface area contributed by atoms with Crippen LogP contribution in [0.1, 0.15) is 19.5 Å². The van der Waals surface area contributed by atoms with E-state index in [4.69, 9.17) is 16.3 Å². The van der Waals surface area contributed by atoms with Gasteiger partial charge in [0.05, 0.1) is 16.8 Å². The van der Waals surface area contributed by atoms with Gasteiger partial charge in [0.1, 0.15) is 17.3 Å². The summed E-state index contributed by atoms with van der Waals surface area (Å²) in [5.74, 6) is -1.20. The molecular weight excluding hydrogens is 378 g/mol. The molecule has 0 unspecified atom stereocenters. The third-order valence-corrected chi connectivity index (χ3v) is 3.75. The molecule has 138 valence electrons. The smallest absolute Gasteiger partial charge is 0.432 e. The zero-order valence-electron chi connectivity index (χ0n) is 13.5. The number of alkyl halides is 3. The van der Waals surface area contributed by atoms with Crippen molar-refractivity contribution in [3.05, 3.63) is 57.5 Å². The molecule has 0 fully saturated rings. The quantitative estimate of drug-likeness (QED) is 0.634. The van der Waals surface area contributed by atoms with Crippen LogP contribution in [0.2, 0.25) is 5.02 Å². The van der Waals surface area contributed by atoms with Crippen molar-refractivity contribution in [1.82, 2.24) is 14.0 Å². The summed E-state index contributed by atoms with van der Waals surface area (Å²) in [5, 5.41) is -0.0285. The Hall–Kier alpha value is -2.55. The molecule has 0 bridgehead atoms. The van der Waals surface area contributed by atoms with Crippen LogP contribution in [0.5, 0.6) is 5.75 Å². The van der Waals surface area contributed by atoms with Crippen molar-refractivity contribution in [3.8, 4) is 11.4 Å². The monoisotopic (exact) mass is 389 g/mol. The van der Waals surface area contributed by atoms with Gasteiger partial charge >= 0.3 is 6.18 Å². The first-order chi connectivity index (χ1) is 12.1. The summed E-state index contributed by atoms with van der Waals surface area (Å²) in [6.07, 6.45) is -2.95. The zero-order chi connectivity index (χ0) is 19.2. The van der Waals surface area contributed by atoms with Gasteiger partial charge in [-0.05, 0) is 19.9 Å². The van der Waals surface area contributed by atoms with E-state index in [1.54, 1.807) is 13.8 Å². The van der Waals surface area contributed by atoms with Crippen LogP contribution < -0.4 is 10.3 Å². The lowest BCUT2D eigenvalue weighted by molar-refractivity contribution is -0.142. The molecule has 0 saturated heterocycles. The van der Waals surface area contributed by atoms with Crippen LogP contribution in [0.15, 0.2) is 35.4 Å². The molecule has 0 aliphatic rings. The number of fused-ring (bicyclic) bond motifs is 1. The predicted molar refractivity (Wildman–Crippen MR) is 86.5 cm³/mol. The largest absolute Gasteiger partial charge is 0.489 e. The number of hydrogen-bond acceptors (Lipinski definition) is 3. The number of ether oxygens (including phenoxy) is 1. The molecule has 0 radical (unpaired) electrons. The van der Waals surface area contributed by atoms with Crippen LogP contribution in [0, 0.1) is 5.82 Å². The van der Waals surface area contributed by atoms with E-state index in [0.29, 0.717) is 10.5 Å². The lowest BCUT2D eigenvalue weighted by Gasteiger charge is -2.16. The number of imidazole rings is 1. The van der Waals surface area contributed by atoms with Crippen molar-refractivity contribution in [3.63, 3.8) is 0 Å². The highest BCUT2D eigenvalue weighted by molar-refractivity contribution is 6.32. The Kier molecular flexibility index (Phi) is 4.43. The van der Waals surface area contributed by atoms with E-state index in [2.05, 4.69) is 4.98 Å². The number of nitrogens with zero attached hydrogens (tertiary/aromatic N) is 3. The summed E-state index contributed by atoms with van der Waals surface area (Å²) in [7, 11) is 0. The van der Waals surface area contributed by atoms with E-state index >= 15 is 0 Å². The van der Waals surface area contributed by atoms with Crippen molar-refractivity contribution < 1.29 is 22.3 Å². The maximum absolute atomic E-state index is 14.4. The molecule has 0 aliphatic heterocycles. The molecule has 5 nitrogen and oxygen atoms in total. The zero-order valence-corrected chi connectivity index (χ0v) is 14.3. The molecule has 0 saturated carbocycles. The van der Waals surface area contributed by atoms with Gasteiger partial charge < -0.3 is 4.74 Å². The van der Waals surface area contributed by atoms with E-state index in [1.165, 1.54) is 0 Å². The van der Waals surface area contributed by atoms with E-state index in [-0.39, 0.29) is 28.3 Å². The average Bonchev–Trinajstić information content (AvgIpc) is 2.97. The van der Waals surface area contributed by atoms with Gasteiger partial charge in [0.2, 0.25) is 5.78 Å². The molecule has 26 heavy (non-hydrogen) atoms. The summed E-state index contributed by atoms with van der Waals surface area (Å²) < 4.78 is 60.7. The van der Waals surface area contributed by atoms with Crippen molar-refractivity contribution in [2.45, 2.75) is 26.1 Å². The van der Waals surface area contributed by atoms with Crippen molar-refractivity contribution >= 4 is 17.4 Å². The van der Waals surface area contributed by atoms with Crippen LogP contribution in [-0.4, -0.2) is 20.1 Å². The Bertz CT molecular complexity index is 1040. The second kappa shape index (κ2) is 6.31. The average molecular weight is 390 g/mol. The molecule has 0 aliphatic carbocycles. The van der Waals surface area contributed by atoms with Gasteiger partial charge in [0.15, 0.2) is 0 Å². The molecule has 10 heteroatoms. The maximum Gasteiger partial charge on any atom is 0.432 e. The van der Waals surface area contributed by atoms with Crippen molar-refractivity contribution in [1.29, 1.82) is 0 Å². The molecule has 0 spiro atoms. The first-order valence-electron chi connectivity index (χ1n) is 7.42. The fourth-order valence-corrected chi connectivity index (χ4v) is 2.67. The minimum atomic E-state index is -4.78. The van der Waals surface area contributed by atoms with Crippen LogP contribution in [0.25, 0.3) is 11.5 Å². The molecule has 0 amide bonds. The fourth-order valence-electron chi connectivity index (χ4n) is 2.48. The molecule has 0 N–H and O–H groups in total. The van der Waals surface area contributed by atoms with Gasteiger partial charge in [-0.25, -0.2) is 13.9 Å².